The molecule has 3 aliphatic rings. The predicted octanol–water partition coefficient (Wildman–Crippen LogP) is 1.98. The van der Waals surface area contributed by atoms with Gasteiger partial charge in [0.2, 0.25) is 11.8 Å². The molecule has 0 saturated heterocycles. The Morgan fingerprint density at radius 2 is 2.00 bits per heavy atom. The third kappa shape index (κ3) is 4.28. The number of hydrogen-bond donors (Lipinski definition) is 3. The van der Waals surface area contributed by atoms with Crippen LogP contribution in [0.15, 0.2) is 35.9 Å². The molecule has 1 aromatic carbocycles. The molecular formula is C25H34N2O5. The molecule has 7 nitrogen and oxygen atoms in total. The maximum absolute atomic E-state index is 13.4. The van der Waals surface area contributed by atoms with Crippen molar-refractivity contribution in [3.63, 3.8) is 0 Å². The van der Waals surface area contributed by atoms with Crippen molar-refractivity contribution in [1.82, 2.24) is 10.2 Å². The van der Waals surface area contributed by atoms with Gasteiger partial charge >= 0.3 is 0 Å². The average Bonchev–Trinajstić information content (AvgIpc) is 3.12. The minimum atomic E-state index is -0.946. The van der Waals surface area contributed by atoms with Crippen LogP contribution < -0.4 is 10.1 Å². The van der Waals surface area contributed by atoms with Crippen LogP contribution in [0.2, 0.25) is 0 Å². The van der Waals surface area contributed by atoms with Gasteiger partial charge in [0.05, 0.1) is 18.6 Å². The van der Waals surface area contributed by atoms with Gasteiger partial charge in [-0.3, -0.25) is 9.59 Å². The molecule has 2 amide bonds. The van der Waals surface area contributed by atoms with Crippen molar-refractivity contribution in [2.45, 2.75) is 63.7 Å². The Labute approximate surface area is 189 Å². The molecule has 4 rings (SSSR count). The van der Waals surface area contributed by atoms with Crippen molar-refractivity contribution in [2.24, 2.45) is 11.8 Å². The van der Waals surface area contributed by atoms with E-state index in [-0.39, 0.29) is 30.9 Å². The predicted molar refractivity (Wildman–Crippen MR) is 120 cm³/mol. The second-order valence-corrected chi connectivity index (χ2v) is 9.52. The molecule has 0 aromatic heterocycles. The van der Waals surface area contributed by atoms with E-state index in [0.717, 1.165) is 31.2 Å². The van der Waals surface area contributed by atoms with Gasteiger partial charge in [-0.05, 0) is 37.3 Å². The quantitative estimate of drug-likeness (QED) is 0.572. The third-order valence-electron chi connectivity index (χ3n) is 6.92. The molecule has 0 bridgehead atoms. The molecule has 4 atom stereocenters. The van der Waals surface area contributed by atoms with Gasteiger partial charge in [0, 0.05) is 30.1 Å². The first-order chi connectivity index (χ1) is 15.4. The zero-order valence-corrected chi connectivity index (χ0v) is 18.9. The minimum absolute atomic E-state index is 0.00570. The first-order valence-electron chi connectivity index (χ1n) is 11.8. The molecule has 4 unspecified atom stereocenters. The summed E-state index contributed by atoms with van der Waals surface area (Å²) in [6, 6.07) is 6.88. The number of nitrogens with zero attached hydrogens (tertiary/aromatic N) is 1. The number of carbonyl (C=O) groups is 2. The van der Waals surface area contributed by atoms with E-state index < -0.39 is 24.2 Å². The van der Waals surface area contributed by atoms with Crippen molar-refractivity contribution in [2.75, 3.05) is 19.7 Å². The summed E-state index contributed by atoms with van der Waals surface area (Å²) in [6.07, 6.45) is 3.79. The lowest BCUT2D eigenvalue weighted by Gasteiger charge is -2.43. The van der Waals surface area contributed by atoms with Crippen molar-refractivity contribution >= 4 is 11.8 Å². The van der Waals surface area contributed by atoms with Gasteiger partial charge in [0.1, 0.15) is 18.0 Å². The fraction of sp³-hybridized carbons (Fsp3) is 0.600. The van der Waals surface area contributed by atoms with Crippen molar-refractivity contribution in [1.29, 1.82) is 0 Å². The molecule has 2 aliphatic carbocycles. The Morgan fingerprint density at radius 3 is 2.66 bits per heavy atom. The van der Waals surface area contributed by atoms with Gasteiger partial charge in [-0.2, -0.15) is 0 Å². The monoisotopic (exact) mass is 442 g/mol. The van der Waals surface area contributed by atoms with Crippen molar-refractivity contribution in [3.8, 4) is 5.75 Å². The van der Waals surface area contributed by atoms with E-state index in [1.165, 1.54) is 0 Å². The summed E-state index contributed by atoms with van der Waals surface area (Å²) in [5, 5.41) is 23.3. The van der Waals surface area contributed by atoms with Crippen LogP contribution in [-0.2, 0) is 9.59 Å². The fourth-order valence-corrected chi connectivity index (χ4v) is 4.88. The molecule has 1 aliphatic heterocycles. The highest BCUT2D eigenvalue weighted by Crippen LogP contribution is 2.47. The highest BCUT2D eigenvalue weighted by Gasteiger charge is 2.50. The number of para-hydroxylation sites is 1. The summed E-state index contributed by atoms with van der Waals surface area (Å²) in [6.45, 7) is 4.73. The molecule has 3 N–H and O–H groups in total. The Morgan fingerprint density at radius 1 is 1.25 bits per heavy atom. The molecule has 7 heteroatoms. The largest absolute Gasteiger partial charge is 0.486 e. The maximum Gasteiger partial charge on any atom is 0.247 e. The molecule has 1 saturated carbocycles. The number of fused-ring (bicyclic) bond motifs is 3. The molecule has 1 aromatic rings. The van der Waals surface area contributed by atoms with Crippen LogP contribution in [0.1, 0.15) is 51.0 Å². The smallest absolute Gasteiger partial charge is 0.247 e. The van der Waals surface area contributed by atoms with Gasteiger partial charge in [-0.15, -0.1) is 0 Å². The topological polar surface area (TPSA) is 99.1 Å². The van der Waals surface area contributed by atoms with E-state index >= 15 is 0 Å². The lowest BCUT2D eigenvalue weighted by Crippen LogP contribution is -2.57. The zero-order chi connectivity index (χ0) is 22.8. The maximum atomic E-state index is 13.4. The summed E-state index contributed by atoms with van der Waals surface area (Å²) < 4.78 is 6.14. The van der Waals surface area contributed by atoms with Crippen LogP contribution in [0.4, 0.5) is 0 Å². The Bertz CT molecular complexity index is 879. The number of carbonyl (C=O) groups excluding carboxylic acids is 2. The van der Waals surface area contributed by atoms with E-state index in [2.05, 4.69) is 19.2 Å². The highest BCUT2D eigenvalue weighted by molar-refractivity contribution is 5.96. The Hall–Kier alpha value is -2.38. The lowest BCUT2D eigenvalue weighted by molar-refractivity contribution is -0.144. The number of benzene rings is 1. The van der Waals surface area contributed by atoms with Crippen LogP contribution in [-0.4, -0.2) is 64.9 Å². The summed E-state index contributed by atoms with van der Waals surface area (Å²) in [5.41, 5.74) is 1.35. The van der Waals surface area contributed by atoms with Gasteiger partial charge in [0.25, 0.3) is 0 Å². The number of aliphatic hydroxyl groups excluding tert-OH is 2. The SMILES string of the molecule is CC(C)CCN(C(=O)C1CCC1)C1C=C(C(=O)NCCO)C2c3ccccc3OC2C1O. The summed E-state index contributed by atoms with van der Waals surface area (Å²) in [4.78, 5) is 28.2. The molecule has 32 heavy (non-hydrogen) atoms. The molecule has 1 fully saturated rings. The molecule has 1 heterocycles. The number of amides is 2. The van der Waals surface area contributed by atoms with E-state index in [4.69, 9.17) is 4.74 Å². The molecule has 174 valence electrons. The van der Waals surface area contributed by atoms with Gasteiger partial charge in [-0.1, -0.05) is 38.5 Å². The first-order valence-corrected chi connectivity index (χ1v) is 11.8. The summed E-state index contributed by atoms with van der Waals surface area (Å²) in [7, 11) is 0. The van der Waals surface area contributed by atoms with Crippen LogP contribution in [0.5, 0.6) is 5.75 Å². The van der Waals surface area contributed by atoms with Crippen LogP contribution in [0, 0.1) is 11.8 Å². The normalized spacial score (nSPS) is 26.5. The number of nitrogens with one attached hydrogen (secondary N) is 1. The van der Waals surface area contributed by atoms with E-state index in [9.17, 15) is 19.8 Å². The Balaban J connectivity index is 1.71. The Kier molecular flexibility index (Phi) is 6.86. The molecule has 0 radical (unpaired) electrons. The number of aliphatic hydroxyl groups is 2. The second kappa shape index (κ2) is 9.63. The van der Waals surface area contributed by atoms with Crippen molar-refractivity contribution in [3.05, 3.63) is 41.5 Å². The van der Waals surface area contributed by atoms with E-state index in [1.807, 2.05) is 24.3 Å². The fourth-order valence-electron chi connectivity index (χ4n) is 4.88. The van der Waals surface area contributed by atoms with Crippen LogP contribution in [0.25, 0.3) is 0 Å². The second-order valence-electron chi connectivity index (χ2n) is 9.52. The number of hydrogen-bond acceptors (Lipinski definition) is 5. The lowest BCUT2D eigenvalue weighted by atomic mass is 9.76. The van der Waals surface area contributed by atoms with Crippen molar-refractivity contribution < 1.29 is 24.5 Å². The summed E-state index contributed by atoms with van der Waals surface area (Å²) in [5.74, 6) is 0.397. The highest BCUT2D eigenvalue weighted by atomic mass is 16.5. The van der Waals surface area contributed by atoms with Gasteiger partial charge in [-0.25, -0.2) is 0 Å². The standard InChI is InChI=1S/C25H34N2O5/c1-15(2)10-12-27(25(31)16-6-5-7-16)19-14-18(24(30)26-11-13-28)21-17-8-3-4-9-20(17)32-23(21)22(19)29/h3-4,8-9,14-16,19,21-23,28-29H,5-7,10-13H2,1-2H3,(H,26,30). The van der Waals surface area contributed by atoms with Gasteiger partial charge in [0.15, 0.2) is 0 Å². The average molecular weight is 443 g/mol. The minimum Gasteiger partial charge on any atom is -0.486 e. The van der Waals surface area contributed by atoms with Crippen LogP contribution in [0.3, 0.4) is 0 Å². The number of ether oxygens (including phenoxy) is 1. The third-order valence-corrected chi connectivity index (χ3v) is 6.92. The summed E-state index contributed by atoms with van der Waals surface area (Å²) >= 11 is 0. The first kappa shape index (κ1) is 22.8. The molecular weight excluding hydrogens is 408 g/mol. The number of rotatable bonds is 8. The van der Waals surface area contributed by atoms with Gasteiger partial charge < -0.3 is 25.2 Å². The molecule has 0 spiro atoms. The zero-order valence-electron chi connectivity index (χ0n) is 18.9. The van der Waals surface area contributed by atoms with E-state index in [0.29, 0.717) is 23.8 Å². The van der Waals surface area contributed by atoms with E-state index in [1.54, 1.807) is 11.0 Å². The van der Waals surface area contributed by atoms with Crippen LogP contribution >= 0.6 is 0 Å².